The van der Waals surface area contributed by atoms with Crippen LogP contribution in [0.15, 0.2) is 0 Å². The number of methoxy groups -OCH3 is 1. The average Bonchev–Trinajstić information content (AvgIpc) is 2.47. The van der Waals surface area contributed by atoms with Crippen LogP contribution in [0.4, 0.5) is 0 Å². The number of hydrogen-bond donors (Lipinski definition) is 0. The SMILES string of the molecule is COC(=O)CC1C2C3CC4CC5C3CC1(C)C(C)C5C2C4. The third-order valence-electron chi connectivity index (χ3n) is 9.11. The van der Waals surface area contributed by atoms with Crippen LogP contribution in [0.25, 0.3) is 0 Å². The molecule has 7 rings (SSSR count). The van der Waals surface area contributed by atoms with Crippen molar-refractivity contribution in [3.05, 3.63) is 0 Å². The molecule has 21 heavy (non-hydrogen) atoms. The van der Waals surface area contributed by atoms with Crippen molar-refractivity contribution in [1.29, 1.82) is 0 Å². The summed E-state index contributed by atoms with van der Waals surface area (Å²) in [5.41, 5.74) is 0.405. The summed E-state index contributed by atoms with van der Waals surface area (Å²) in [6.45, 7) is 5.03. The van der Waals surface area contributed by atoms with Crippen LogP contribution in [0.2, 0.25) is 0 Å². The number of esters is 1. The first kappa shape index (κ1) is 13.0. The summed E-state index contributed by atoms with van der Waals surface area (Å²) < 4.78 is 5.05. The van der Waals surface area contributed by atoms with Crippen LogP contribution in [0, 0.1) is 58.7 Å². The van der Waals surface area contributed by atoms with Crippen LogP contribution in [0.5, 0.6) is 0 Å². The standard InChI is InChI=1S/C19H28O2/c1-9-17-11-4-10-5-12-14(11)8-19(9,2)15(7-16(20)21-3)18(12)13(17)6-10/h9-15,17-18H,4-8H2,1-3H3. The molecule has 7 saturated carbocycles. The summed E-state index contributed by atoms with van der Waals surface area (Å²) in [7, 11) is 1.56. The predicted octanol–water partition coefficient (Wildman–Crippen LogP) is 3.75. The molecule has 7 aliphatic carbocycles. The number of carbonyl (C=O) groups excluding carboxylic acids is 1. The van der Waals surface area contributed by atoms with Gasteiger partial charge in [0.25, 0.3) is 0 Å². The largest absolute Gasteiger partial charge is 0.469 e. The van der Waals surface area contributed by atoms with Gasteiger partial charge in [0.15, 0.2) is 0 Å². The van der Waals surface area contributed by atoms with Crippen molar-refractivity contribution in [3.8, 4) is 0 Å². The fourth-order valence-corrected chi connectivity index (χ4v) is 8.54. The van der Waals surface area contributed by atoms with Gasteiger partial charge in [-0.25, -0.2) is 0 Å². The summed E-state index contributed by atoms with van der Waals surface area (Å²) in [4.78, 5) is 12.0. The Kier molecular flexibility index (Phi) is 2.38. The van der Waals surface area contributed by atoms with E-state index in [4.69, 9.17) is 4.74 Å². The van der Waals surface area contributed by atoms with E-state index in [2.05, 4.69) is 13.8 Å². The van der Waals surface area contributed by atoms with Gasteiger partial charge in [-0.1, -0.05) is 13.8 Å². The molecule has 0 spiro atoms. The molecule has 0 heterocycles. The molecule has 2 heteroatoms. The second-order valence-corrected chi connectivity index (χ2v) is 9.27. The lowest BCUT2D eigenvalue weighted by Gasteiger charge is -2.76. The molecule has 0 aromatic heterocycles. The molecule has 0 amide bonds. The van der Waals surface area contributed by atoms with Crippen LogP contribution >= 0.6 is 0 Å². The molecular weight excluding hydrogens is 260 g/mol. The Morgan fingerprint density at radius 3 is 2.48 bits per heavy atom. The Balaban J connectivity index is 1.59. The van der Waals surface area contributed by atoms with Gasteiger partial charge in [0.2, 0.25) is 0 Å². The van der Waals surface area contributed by atoms with Gasteiger partial charge >= 0.3 is 5.97 Å². The van der Waals surface area contributed by atoms with Crippen LogP contribution in [-0.4, -0.2) is 13.1 Å². The minimum absolute atomic E-state index is 0.0316. The zero-order valence-electron chi connectivity index (χ0n) is 13.5. The fourth-order valence-electron chi connectivity index (χ4n) is 8.54. The molecule has 116 valence electrons. The Morgan fingerprint density at radius 1 is 1.10 bits per heavy atom. The van der Waals surface area contributed by atoms with Gasteiger partial charge in [-0.3, -0.25) is 4.79 Å². The lowest BCUT2D eigenvalue weighted by Crippen LogP contribution is -2.71. The van der Waals surface area contributed by atoms with E-state index in [0.29, 0.717) is 17.8 Å². The molecule has 0 aromatic carbocycles. The predicted molar refractivity (Wildman–Crippen MR) is 80.3 cm³/mol. The third-order valence-corrected chi connectivity index (χ3v) is 9.11. The maximum atomic E-state index is 12.0. The zero-order valence-corrected chi connectivity index (χ0v) is 13.5. The van der Waals surface area contributed by atoms with Gasteiger partial charge in [-0.05, 0) is 84.4 Å². The van der Waals surface area contributed by atoms with E-state index in [1.165, 1.54) is 25.7 Å². The van der Waals surface area contributed by atoms with Gasteiger partial charge in [-0.2, -0.15) is 0 Å². The van der Waals surface area contributed by atoms with Gasteiger partial charge in [0.1, 0.15) is 0 Å². The Hall–Kier alpha value is -0.530. The Bertz CT molecular complexity index is 500. The molecule has 2 nitrogen and oxygen atoms in total. The van der Waals surface area contributed by atoms with Crippen molar-refractivity contribution >= 4 is 5.97 Å². The lowest BCUT2D eigenvalue weighted by atomic mass is 9.28. The van der Waals surface area contributed by atoms with Gasteiger partial charge in [0, 0.05) is 6.42 Å². The summed E-state index contributed by atoms with van der Waals surface area (Å²) in [6, 6.07) is 0. The van der Waals surface area contributed by atoms with Crippen molar-refractivity contribution in [2.24, 2.45) is 58.7 Å². The lowest BCUT2D eigenvalue weighted by molar-refractivity contribution is -0.285. The Morgan fingerprint density at radius 2 is 1.76 bits per heavy atom. The van der Waals surface area contributed by atoms with Crippen LogP contribution in [0.1, 0.15) is 46.0 Å². The van der Waals surface area contributed by atoms with Crippen molar-refractivity contribution in [3.63, 3.8) is 0 Å². The quantitative estimate of drug-likeness (QED) is 0.723. The van der Waals surface area contributed by atoms with E-state index in [-0.39, 0.29) is 5.97 Å². The van der Waals surface area contributed by atoms with E-state index in [1.807, 2.05) is 0 Å². The maximum Gasteiger partial charge on any atom is 0.305 e. The van der Waals surface area contributed by atoms with Crippen LogP contribution < -0.4 is 0 Å². The van der Waals surface area contributed by atoms with Crippen molar-refractivity contribution < 1.29 is 9.53 Å². The maximum absolute atomic E-state index is 12.0. The summed E-state index contributed by atoms with van der Waals surface area (Å²) in [6.07, 6.45) is 6.59. The zero-order chi connectivity index (χ0) is 14.5. The molecule has 0 N–H and O–H groups in total. The topological polar surface area (TPSA) is 26.3 Å². The molecule has 0 radical (unpaired) electrons. The van der Waals surface area contributed by atoms with E-state index in [9.17, 15) is 4.79 Å². The molecule has 7 aliphatic rings. The molecule has 7 fully saturated rings. The minimum atomic E-state index is 0.0316. The highest BCUT2D eigenvalue weighted by Gasteiger charge is 2.71. The molecule has 10 atom stereocenters. The highest BCUT2D eigenvalue weighted by Crippen LogP contribution is 2.77. The number of ether oxygens (including phenoxy) is 1. The van der Waals surface area contributed by atoms with E-state index < -0.39 is 0 Å². The first-order valence-corrected chi connectivity index (χ1v) is 9.11. The molecule has 0 aliphatic heterocycles. The summed E-state index contributed by atoms with van der Waals surface area (Å²) in [5.74, 6) is 8.26. The second kappa shape index (κ2) is 3.86. The van der Waals surface area contributed by atoms with E-state index in [1.54, 1.807) is 7.11 Å². The van der Waals surface area contributed by atoms with Gasteiger partial charge in [0.05, 0.1) is 7.11 Å². The van der Waals surface area contributed by atoms with Crippen LogP contribution in [0.3, 0.4) is 0 Å². The third kappa shape index (κ3) is 1.34. The molecule has 0 saturated heterocycles. The molecule has 10 unspecified atom stereocenters. The highest BCUT2D eigenvalue weighted by molar-refractivity contribution is 5.69. The van der Waals surface area contributed by atoms with E-state index in [0.717, 1.165) is 47.3 Å². The van der Waals surface area contributed by atoms with Crippen LogP contribution in [-0.2, 0) is 9.53 Å². The first-order chi connectivity index (χ1) is 10.0. The molecular formula is C19H28O2. The highest BCUT2D eigenvalue weighted by atomic mass is 16.5. The Labute approximate surface area is 128 Å². The smallest absolute Gasteiger partial charge is 0.305 e. The van der Waals surface area contributed by atoms with Crippen molar-refractivity contribution in [2.45, 2.75) is 46.0 Å². The van der Waals surface area contributed by atoms with Gasteiger partial charge < -0.3 is 4.74 Å². The second-order valence-electron chi connectivity index (χ2n) is 9.27. The number of carbonyl (C=O) groups is 1. The van der Waals surface area contributed by atoms with Gasteiger partial charge in [-0.15, -0.1) is 0 Å². The monoisotopic (exact) mass is 288 g/mol. The average molecular weight is 288 g/mol. The molecule has 0 aromatic rings. The molecule has 8 bridgehead atoms. The summed E-state index contributed by atoms with van der Waals surface area (Å²) >= 11 is 0. The van der Waals surface area contributed by atoms with Crippen molar-refractivity contribution in [1.82, 2.24) is 0 Å². The normalized spacial score (nSPS) is 62.3. The fraction of sp³-hybridized carbons (Fsp3) is 0.947. The number of rotatable bonds is 2. The first-order valence-electron chi connectivity index (χ1n) is 9.11. The van der Waals surface area contributed by atoms with E-state index >= 15 is 0 Å². The summed E-state index contributed by atoms with van der Waals surface area (Å²) in [5, 5.41) is 0. The number of hydrogen-bond acceptors (Lipinski definition) is 2. The van der Waals surface area contributed by atoms with Crippen molar-refractivity contribution in [2.75, 3.05) is 7.11 Å². The minimum Gasteiger partial charge on any atom is -0.469 e.